The van der Waals surface area contributed by atoms with Gasteiger partial charge in [-0.1, -0.05) is 6.92 Å². The summed E-state index contributed by atoms with van der Waals surface area (Å²) in [5.41, 5.74) is 8.53. The van der Waals surface area contributed by atoms with E-state index in [1.165, 1.54) is 0 Å². The van der Waals surface area contributed by atoms with Crippen LogP contribution in [-0.2, 0) is 0 Å². The number of aromatic nitrogens is 1. The molecule has 1 unspecified atom stereocenters. The number of aliphatic hydroxyl groups is 1. The van der Waals surface area contributed by atoms with Gasteiger partial charge in [-0.15, -0.1) is 0 Å². The molecule has 19 heavy (non-hydrogen) atoms. The van der Waals surface area contributed by atoms with E-state index < -0.39 is 0 Å². The molecule has 2 aromatic rings. The molecule has 0 aliphatic rings. The van der Waals surface area contributed by atoms with Gasteiger partial charge in [-0.05, 0) is 43.0 Å². The van der Waals surface area contributed by atoms with Crippen molar-refractivity contribution in [1.29, 1.82) is 0 Å². The van der Waals surface area contributed by atoms with Crippen molar-refractivity contribution < 1.29 is 5.11 Å². The maximum atomic E-state index is 8.98. The molecule has 1 atom stereocenters. The Morgan fingerprint density at radius 3 is 3.00 bits per heavy atom. The van der Waals surface area contributed by atoms with Crippen LogP contribution in [0.3, 0.4) is 0 Å². The minimum absolute atomic E-state index is 0.259. The predicted octanol–water partition coefficient (Wildman–Crippen LogP) is 2.64. The number of pyridine rings is 1. The van der Waals surface area contributed by atoms with E-state index in [0.717, 1.165) is 36.0 Å². The number of benzene rings is 1. The molecule has 0 bridgehead atoms. The van der Waals surface area contributed by atoms with E-state index in [2.05, 4.69) is 17.2 Å². The minimum atomic E-state index is 0.259. The summed E-state index contributed by atoms with van der Waals surface area (Å²) in [5.74, 6) is 0.367. The molecule has 4 nitrogen and oxygen atoms in total. The molecule has 0 aliphatic heterocycles. The summed E-state index contributed by atoms with van der Waals surface area (Å²) in [6.45, 7) is 3.20. The molecule has 0 radical (unpaired) electrons. The van der Waals surface area contributed by atoms with E-state index in [1.54, 1.807) is 6.20 Å². The number of hydrogen-bond donors (Lipinski definition) is 3. The molecule has 1 heterocycles. The highest BCUT2D eigenvalue weighted by atomic mass is 16.3. The molecule has 0 fully saturated rings. The van der Waals surface area contributed by atoms with Gasteiger partial charge in [-0.2, -0.15) is 0 Å². The van der Waals surface area contributed by atoms with E-state index in [1.807, 2.05) is 24.3 Å². The first-order valence-electron chi connectivity index (χ1n) is 6.70. The predicted molar refractivity (Wildman–Crippen MR) is 80.1 cm³/mol. The smallest absolute Gasteiger partial charge is 0.0951 e. The van der Waals surface area contributed by atoms with Crippen molar-refractivity contribution >= 4 is 22.3 Å². The van der Waals surface area contributed by atoms with Gasteiger partial charge in [-0.25, -0.2) is 0 Å². The Kier molecular flexibility index (Phi) is 4.58. The minimum Gasteiger partial charge on any atom is -0.397 e. The Labute approximate surface area is 113 Å². The number of rotatable bonds is 6. The van der Waals surface area contributed by atoms with Crippen LogP contribution < -0.4 is 11.1 Å². The molecule has 0 spiro atoms. The van der Waals surface area contributed by atoms with Gasteiger partial charge in [0, 0.05) is 30.4 Å². The average molecular weight is 259 g/mol. The van der Waals surface area contributed by atoms with Crippen LogP contribution in [0.25, 0.3) is 10.9 Å². The van der Waals surface area contributed by atoms with E-state index in [0.29, 0.717) is 11.6 Å². The molecule has 1 aromatic carbocycles. The first kappa shape index (κ1) is 13.6. The van der Waals surface area contributed by atoms with Crippen molar-refractivity contribution in [1.82, 2.24) is 4.98 Å². The average Bonchev–Trinajstić information content (AvgIpc) is 2.45. The summed E-state index contributed by atoms with van der Waals surface area (Å²) in [5, 5.41) is 13.5. The first-order chi connectivity index (χ1) is 9.22. The largest absolute Gasteiger partial charge is 0.397 e. The monoisotopic (exact) mass is 259 g/mol. The zero-order valence-electron chi connectivity index (χ0n) is 11.3. The van der Waals surface area contributed by atoms with Crippen LogP contribution >= 0.6 is 0 Å². The summed E-state index contributed by atoms with van der Waals surface area (Å²) in [7, 11) is 0. The van der Waals surface area contributed by atoms with Crippen molar-refractivity contribution in [2.45, 2.75) is 19.8 Å². The third-order valence-electron chi connectivity index (χ3n) is 3.30. The molecule has 2 rings (SSSR count). The second-order valence-corrected chi connectivity index (χ2v) is 4.96. The molecular formula is C15H21N3O. The SMILES string of the molecule is CC(CO)CCCNc1ccc(N)c2ncccc12. The lowest BCUT2D eigenvalue weighted by atomic mass is 10.1. The number of anilines is 2. The van der Waals surface area contributed by atoms with Crippen LogP contribution in [0.1, 0.15) is 19.8 Å². The van der Waals surface area contributed by atoms with Gasteiger partial charge in [0.25, 0.3) is 0 Å². The van der Waals surface area contributed by atoms with Crippen LogP contribution in [0, 0.1) is 5.92 Å². The van der Waals surface area contributed by atoms with Crippen molar-refractivity contribution in [3.63, 3.8) is 0 Å². The van der Waals surface area contributed by atoms with Crippen molar-refractivity contribution in [3.8, 4) is 0 Å². The number of nitrogens with zero attached hydrogens (tertiary/aromatic N) is 1. The molecule has 0 amide bonds. The topological polar surface area (TPSA) is 71.2 Å². The molecule has 0 saturated carbocycles. The number of nitrogens with two attached hydrogens (primary N) is 1. The van der Waals surface area contributed by atoms with Crippen LogP contribution in [0.2, 0.25) is 0 Å². The molecule has 4 heteroatoms. The molecule has 1 aromatic heterocycles. The number of hydrogen-bond acceptors (Lipinski definition) is 4. The highest BCUT2D eigenvalue weighted by Gasteiger charge is 2.04. The summed E-state index contributed by atoms with van der Waals surface area (Å²) in [6.07, 6.45) is 3.81. The zero-order valence-corrected chi connectivity index (χ0v) is 11.3. The van der Waals surface area contributed by atoms with E-state index in [-0.39, 0.29) is 6.61 Å². The van der Waals surface area contributed by atoms with Gasteiger partial charge in [0.15, 0.2) is 0 Å². The maximum Gasteiger partial charge on any atom is 0.0951 e. The number of nitrogens with one attached hydrogen (secondary N) is 1. The zero-order chi connectivity index (χ0) is 13.7. The van der Waals surface area contributed by atoms with Crippen LogP contribution in [0.5, 0.6) is 0 Å². The van der Waals surface area contributed by atoms with Gasteiger partial charge in [0.1, 0.15) is 0 Å². The fourth-order valence-electron chi connectivity index (χ4n) is 2.11. The standard InChI is InChI=1S/C15H21N3O/c1-11(10-19)4-2-8-17-14-7-6-13(16)15-12(14)5-3-9-18-15/h3,5-7,9,11,17,19H,2,4,8,10,16H2,1H3. The highest BCUT2D eigenvalue weighted by molar-refractivity contribution is 5.98. The van der Waals surface area contributed by atoms with Gasteiger partial charge in [-0.3, -0.25) is 4.98 Å². The molecular weight excluding hydrogens is 238 g/mol. The van der Waals surface area contributed by atoms with Crippen molar-refractivity contribution in [2.75, 3.05) is 24.2 Å². The Balaban J connectivity index is 2.03. The number of aliphatic hydroxyl groups excluding tert-OH is 1. The third kappa shape index (κ3) is 3.35. The fraction of sp³-hybridized carbons (Fsp3) is 0.400. The Morgan fingerprint density at radius 2 is 2.21 bits per heavy atom. The quantitative estimate of drug-likeness (QED) is 0.551. The molecule has 102 valence electrons. The second kappa shape index (κ2) is 6.38. The van der Waals surface area contributed by atoms with Gasteiger partial charge in [0.05, 0.1) is 11.2 Å². The maximum absolute atomic E-state index is 8.98. The number of fused-ring (bicyclic) bond motifs is 1. The van der Waals surface area contributed by atoms with Crippen molar-refractivity contribution in [3.05, 3.63) is 30.5 Å². The van der Waals surface area contributed by atoms with Crippen LogP contribution in [0.15, 0.2) is 30.5 Å². The third-order valence-corrected chi connectivity index (χ3v) is 3.30. The summed E-state index contributed by atoms with van der Waals surface area (Å²) in [4.78, 5) is 4.31. The van der Waals surface area contributed by atoms with Gasteiger partial charge in [0.2, 0.25) is 0 Å². The lowest BCUT2D eigenvalue weighted by Gasteiger charge is -2.12. The van der Waals surface area contributed by atoms with E-state index in [4.69, 9.17) is 10.8 Å². The molecule has 4 N–H and O–H groups in total. The van der Waals surface area contributed by atoms with Gasteiger partial charge >= 0.3 is 0 Å². The lowest BCUT2D eigenvalue weighted by molar-refractivity contribution is 0.229. The van der Waals surface area contributed by atoms with Crippen LogP contribution in [0.4, 0.5) is 11.4 Å². The second-order valence-electron chi connectivity index (χ2n) is 4.96. The summed E-state index contributed by atoms with van der Waals surface area (Å²) < 4.78 is 0. The summed E-state index contributed by atoms with van der Waals surface area (Å²) >= 11 is 0. The number of nitrogen functional groups attached to an aromatic ring is 1. The molecule has 0 aliphatic carbocycles. The molecule has 0 saturated heterocycles. The van der Waals surface area contributed by atoms with E-state index in [9.17, 15) is 0 Å². The normalized spacial score (nSPS) is 12.5. The Hall–Kier alpha value is -1.81. The van der Waals surface area contributed by atoms with Gasteiger partial charge < -0.3 is 16.2 Å². The highest BCUT2D eigenvalue weighted by Crippen LogP contribution is 2.26. The van der Waals surface area contributed by atoms with Crippen LogP contribution in [-0.4, -0.2) is 23.2 Å². The summed E-state index contributed by atoms with van der Waals surface area (Å²) in [6, 6.07) is 7.82. The fourth-order valence-corrected chi connectivity index (χ4v) is 2.11. The first-order valence-corrected chi connectivity index (χ1v) is 6.70. The lowest BCUT2D eigenvalue weighted by Crippen LogP contribution is -2.07. The Bertz CT molecular complexity index is 542. The van der Waals surface area contributed by atoms with Crippen molar-refractivity contribution in [2.24, 2.45) is 5.92 Å². The van der Waals surface area contributed by atoms with E-state index >= 15 is 0 Å². The Morgan fingerprint density at radius 1 is 1.37 bits per heavy atom.